The SMILES string of the molecule is CC(=O)Oc1cc(OS(=O)c2ccc(C)cc2)cc(OC(C)=O)c1C1C=C(C)CCC1. The number of hydrogen-bond donors (Lipinski definition) is 0. The van der Waals surface area contributed by atoms with Gasteiger partial charge in [0.05, 0.1) is 4.90 Å². The lowest BCUT2D eigenvalue weighted by atomic mass is 9.85. The van der Waals surface area contributed by atoms with Crippen LogP contribution in [0.25, 0.3) is 0 Å². The highest BCUT2D eigenvalue weighted by atomic mass is 32.2. The van der Waals surface area contributed by atoms with Gasteiger partial charge in [-0.3, -0.25) is 9.59 Å². The second-order valence-electron chi connectivity index (χ2n) is 7.66. The predicted octanol–water partition coefficient (Wildman–Crippen LogP) is 5.16. The molecule has 2 aromatic carbocycles. The van der Waals surface area contributed by atoms with Crippen LogP contribution in [0.2, 0.25) is 0 Å². The lowest BCUT2D eigenvalue weighted by Gasteiger charge is -2.24. The van der Waals surface area contributed by atoms with Gasteiger partial charge in [-0.2, -0.15) is 0 Å². The number of hydrogen-bond acceptors (Lipinski definition) is 6. The molecular weight excluding hydrogens is 416 g/mol. The molecule has 0 bridgehead atoms. The number of carbonyl (C=O) groups is 2. The number of rotatable bonds is 6. The molecule has 0 saturated heterocycles. The third-order valence-corrected chi connectivity index (χ3v) is 5.91. The van der Waals surface area contributed by atoms with Crippen LogP contribution in [0, 0.1) is 6.92 Å². The van der Waals surface area contributed by atoms with Gasteiger partial charge >= 0.3 is 11.9 Å². The summed E-state index contributed by atoms with van der Waals surface area (Å²) < 4.78 is 29.2. The van der Waals surface area contributed by atoms with Crippen LogP contribution in [0.15, 0.2) is 52.9 Å². The van der Waals surface area contributed by atoms with Crippen molar-refractivity contribution in [2.75, 3.05) is 0 Å². The van der Waals surface area contributed by atoms with Crippen molar-refractivity contribution in [2.24, 2.45) is 0 Å². The molecule has 0 amide bonds. The topological polar surface area (TPSA) is 78.9 Å². The average molecular weight is 443 g/mol. The first-order chi connectivity index (χ1) is 14.7. The summed E-state index contributed by atoms with van der Waals surface area (Å²) in [5, 5.41) is 0. The van der Waals surface area contributed by atoms with Crippen LogP contribution in [0.4, 0.5) is 0 Å². The zero-order valence-electron chi connectivity index (χ0n) is 18.1. The van der Waals surface area contributed by atoms with Crippen molar-refractivity contribution in [1.82, 2.24) is 0 Å². The van der Waals surface area contributed by atoms with Crippen molar-refractivity contribution >= 4 is 23.0 Å². The quantitative estimate of drug-likeness (QED) is 0.349. The number of benzene rings is 2. The van der Waals surface area contributed by atoms with E-state index in [1.165, 1.54) is 31.6 Å². The van der Waals surface area contributed by atoms with E-state index < -0.39 is 23.0 Å². The Morgan fingerprint density at radius 2 is 1.55 bits per heavy atom. The number of ether oxygens (including phenoxy) is 2. The Labute approximate surface area is 184 Å². The molecule has 0 fully saturated rings. The molecule has 6 nitrogen and oxygen atoms in total. The average Bonchev–Trinajstić information content (AvgIpc) is 2.67. The Bertz CT molecular complexity index is 1000. The van der Waals surface area contributed by atoms with E-state index in [1.807, 2.05) is 26.0 Å². The highest BCUT2D eigenvalue weighted by molar-refractivity contribution is 7.80. The summed E-state index contributed by atoms with van der Waals surface area (Å²) in [6.07, 6.45) is 4.90. The monoisotopic (exact) mass is 442 g/mol. The number of aryl methyl sites for hydroxylation is 1. The number of carbonyl (C=O) groups excluding carboxylic acids is 2. The van der Waals surface area contributed by atoms with Gasteiger partial charge in [-0.05, 0) is 45.2 Å². The summed E-state index contributed by atoms with van der Waals surface area (Å²) in [6.45, 7) is 6.58. The van der Waals surface area contributed by atoms with Gasteiger partial charge in [-0.1, -0.05) is 29.3 Å². The van der Waals surface area contributed by atoms with E-state index in [9.17, 15) is 13.8 Å². The molecule has 0 spiro atoms. The molecule has 164 valence electrons. The molecule has 31 heavy (non-hydrogen) atoms. The van der Waals surface area contributed by atoms with Gasteiger partial charge in [-0.15, -0.1) is 0 Å². The third-order valence-electron chi connectivity index (χ3n) is 4.91. The van der Waals surface area contributed by atoms with Crippen molar-refractivity contribution in [3.63, 3.8) is 0 Å². The number of allylic oxidation sites excluding steroid dienone is 2. The first-order valence-electron chi connectivity index (χ1n) is 10.1. The lowest BCUT2D eigenvalue weighted by molar-refractivity contribution is -0.132. The molecule has 0 heterocycles. The zero-order chi connectivity index (χ0) is 22.5. The fourth-order valence-electron chi connectivity index (χ4n) is 3.59. The summed E-state index contributed by atoms with van der Waals surface area (Å²) >= 11 is -1.79. The molecule has 2 unspecified atom stereocenters. The minimum absolute atomic E-state index is 0.0749. The maximum Gasteiger partial charge on any atom is 0.308 e. The van der Waals surface area contributed by atoms with Crippen molar-refractivity contribution in [2.45, 2.75) is 57.8 Å². The first-order valence-corrected chi connectivity index (χ1v) is 11.2. The minimum Gasteiger partial charge on any atom is -0.426 e. The van der Waals surface area contributed by atoms with Gasteiger partial charge in [0, 0.05) is 37.5 Å². The normalized spacial score (nSPS) is 16.8. The smallest absolute Gasteiger partial charge is 0.308 e. The molecule has 1 aliphatic rings. The Kier molecular flexibility index (Phi) is 7.28. The fourth-order valence-corrected chi connectivity index (χ4v) is 4.32. The van der Waals surface area contributed by atoms with Crippen LogP contribution in [-0.4, -0.2) is 16.1 Å². The Hall–Kier alpha value is -2.93. The van der Waals surface area contributed by atoms with Gasteiger partial charge in [0.2, 0.25) is 11.1 Å². The zero-order valence-corrected chi connectivity index (χ0v) is 18.9. The van der Waals surface area contributed by atoms with Crippen LogP contribution >= 0.6 is 0 Å². The molecule has 0 radical (unpaired) electrons. The van der Waals surface area contributed by atoms with E-state index in [4.69, 9.17) is 13.7 Å². The van der Waals surface area contributed by atoms with Gasteiger partial charge in [0.1, 0.15) is 17.2 Å². The maximum atomic E-state index is 12.7. The second-order valence-corrected chi connectivity index (χ2v) is 8.77. The highest BCUT2D eigenvalue weighted by Crippen LogP contribution is 2.44. The van der Waals surface area contributed by atoms with Crippen molar-refractivity contribution < 1.29 is 27.5 Å². The summed E-state index contributed by atoms with van der Waals surface area (Å²) in [4.78, 5) is 24.1. The van der Waals surface area contributed by atoms with Crippen LogP contribution in [0.1, 0.15) is 57.1 Å². The summed E-state index contributed by atoms with van der Waals surface area (Å²) in [6, 6.07) is 10.2. The Morgan fingerprint density at radius 3 is 2.06 bits per heavy atom. The van der Waals surface area contributed by atoms with E-state index in [2.05, 4.69) is 6.08 Å². The molecule has 0 N–H and O–H groups in total. The van der Waals surface area contributed by atoms with E-state index in [0.717, 1.165) is 24.8 Å². The van der Waals surface area contributed by atoms with Crippen LogP contribution in [0.3, 0.4) is 0 Å². The molecule has 0 aliphatic heterocycles. The van der Waals surface area contributed by atoms with E-state index >= 15 is 0 Å². The maximum absolute atomic E-state index is 12.7. The number of esters is 2. The van der Waals surface area contributed by atoms with Gasteiger partial charge in [-0.25, -0.2) is 4.21 Å². The van der Waals surface area contributed by atoms with Crippen molar-refractivity contribution in [1.29, 1.82) is 0 Å². The molecule has 7 heteroatoms. The van der Waals surface area contributed by atoms with E-state index in [0.29, 0.717) is 10.5 Å². The molecule has 0 aromatic heterocycles. The second kappa shape index (κ2) is 9.92. The van der Waals surface area contributed by atoms with Crippen molar-refractivity contribution in [3.8, 4) is 17.2 Å². The Morgan fingerprint density at radius 1 is 0.968 bits per heavy atom. The largest absolute Gasteiger partial charge is 0.426 e. The third kappa shape index (κ3) is 6.04. The molecular formula is C24H26O6S. The predicted molar refractivity (Wildman–Crippen MR) is 118 cm³/mol. The van der Waals surface area contributed by atoms with Gasteiger partial charge < -0.3 is 13.7 Å². The minimum atomic E-state index is -1.79. The first kappa shape index (κ1) is 22.7. The van der Waals surface area contributed by atoms with Crippen LogP contribution in [0.5, 0.6) is 17.2 Å². The Balaban J connectivity index is 2.05. The van der Waals surface area contributed by atoms with Crippen LogP contribution < -0.4 is 13.7 Å². The summed E-state index contributed by atoms with van der Waals surface area (Å²) in [7, 11) is 0. The molecule has 1 aliphatic carbocycles. The fraction of sp³-hybridized carbons (Fsp3) is 0.333. The standard InChI is InChI=1S/C24H26O6S/c1-15-8-10-21(11-9-15)31(27)30-20-13-22(28-17(3)25)24(23(14-20)29-18(4)26)19-7-5-6-16(2)12-19/h8-14,19H,5-7H2,1-4H3. The lowest BCUT2D eigenvalue weighted by Crippen LogP contribution is -2.13. The van der Waals surface area contributed by atoms with Crippen molar-refractivity contribution in [3.05, 3.63) is 59.2 Å². The van der Waals surface area contributed by atoms with E-state index in [1.54, 1.807) is 12.1 Å². The molecule has 0 saturated carbocycles. The summed E-state index contributed by atoms with van der Waals surface area (Å²) in [5.74, 6) is -0.455. The molecule has 2 atom stereocenters. The summed E-state index contributed by atoms with van der Waals surface area (Å²) in [5.41, 5.74) is 2.87. The van der Waals surface area contributed by atoms with Gasteiger partial charge in [0.25, 0.3) is 0 Å². The van der Waals surface area contributed by atoms with Crippen LogP contribution in [-0.2, 0) is 20.7 Å². The van der Waals surface area contributed by atoms with Gasteiger partial charge in [0.15, 0.2) is 0 Å². The molecule has 2 aromatic rings. The van der Waals surface area contributed by atoms with E-state index in [-0.39, 0.29) is 23.2 Å². The highest BCUT2D eigenvalue weighted by Gasteiger charge is 2.26. The molecule has 3 rings (SSSR count).